The van der Waals surface area contributed by atoms with Gasteiger partial charge in [-0.1, -0.05) is 53.0 Å². The number of sulfonamides is 1. The monoisotopic (exact) mass is 414 g/mol. The Morgan fingerprint density at radius 3 is 2.08 bits per heavy atom. The first-order chi connectivity index (χ1) is 12.1. The molecule has 2 aromatic rings. The lowest BCUT2D eigenvalue weighted by atomic mass is 10.1. The summed E-state index contributed by atoms with van der Waals surface area (Å²) in [5.74, 6) is -0.341. The summed E-state index contributed by atoms with van der Waals surface area (Å²) in [5.41, 5.74) is 2.34. The molecule has 0 saturated carbocycles. The molecule has 0 N–H and O–H groups in total. The largest absolute Gasteiger partial charge is 0.340 e. The predicted molar refractivity (Wildman–Crippen MR) is 106 cm³/mol. The first-order valence-electron chi connectivity index (χ1n) is 7.79. The lowest BCUT2D eigenvalue weighted by molar-refractivity contribution is -0.128. The number of amides is 1. The summed E-state index contributed by atoms with van der Waals surface area (Å²) in [7, 11) is -2.06. The highest BCUT2D eigenvalue weighted by Crippen LogP contribution is 2.27. The molecule has 140 valence electrons. The van der Waals surface area contributed by atoms with Crippen molar-refractivity contribution in [3.8, 4) is 0 Å². The number of nitrogens with zero attached hydrogens (tertiary/aromatic N) is 2. The van der Waals surface area contributed by atoms with Crippen molar-refractivity contribution in [1.29, 1.82) is 0 Å². The Morgan fingerprint density at radius 1 is 1.04 bits per heavy atom. The number of rotatable bonds is 6. The van der Waals surface area contributed by atoms with Gasteiger partial charge < -0.3 is 4.90 Å². The SMILES string of the molecule is Cc1ccc(CN(C)C(=O)CN(c2cc(Cl)cc(Cl)c2)S(C)(=O)=O)cc1. The van der Waals surface area contributed by atoms with Crippen LogP contribution in [0.25, 0.3) is 0 Å². The lowest BCUT2D eigenvalue weighted by Gasteiger charge is -2.25. The van der Waals surface area contributed by atoms with Crippen molar-refractivity contribution >= 4 is 44.8 Å². The van der Waals surface area contributed by atoms with Crippen molar-refractivity contribution in [1.82, 2.24) is 4.90 Å². The molecule has 0 aliphatic rings. The summed E-state index contributed by atoms with van der Waals surface area (Å²) in [4.78, 5) is 14.0. The fraction of sp³-hybridized carbons (Fsp3) is 0.278. The lowest BCUT2D eigenvalue weighted by Crippen LogP contribution is -2.41. The molecular formula is C18H20Cl2N2O3S. The topological polar surface area (TPSA) is 57.7 Å². The Morgan fingerprint density at radius 2 is 1.58 bits per heavy atom. The average Bonchev–Trinajstić information content (AvgIpc) is 2.52. The second kappa shape index (κ2) is 8.29. The number of benzene rings is 2. The Bertz CT molecular complexity index is 879. The van der Waals surface area contributed by atoms with Gasteiger partial charge in [-0.15, -0.1) is 0 Å². The van der Waals surface area contributed by atoms with Crippen molar-refractivity contribution in [2.45, 2.75) is 13.5 Å². The predicted octanol–water partition coefficient (Wildman–Crippen LogP) is 3.73. The van der Waals surface area contributed by atoms with Crippen molar-refractivity contribution in [3.63, 3.8) is 0 Å². The number of likely N-dealkylation sites (N-methyl/N-ethyl adjacent to an activating group) is 1. The maximum atomic E-state index is 12.6. The molecule has 2 aromatic carbocycles. The molecule has 26 heavy (non-hydrogen) atoms. The van der Waals surface area contributed by atoms with Gasteiger partial charge in [0.2, 0.25) is 15.9 Å². The van der Waals surface area contributed by atoms with Crippen LogP contribution in [-0.4, -0.2) is 39.1 Å². The van der Waals surface area contributed by atoms with Crippen molar-refractivity contribution < 1.29 is 13.2 Å². The molecule has 0 aliphatic carbocycles. The third kappa shape index (κ3) is 5.62. The number of aryl methyl sites for hydroxylation is 1. The van der Waals surface area contributed by atoms with Crippen LogP contribution in [0.2, 0.25) is 10.0 Å². The van der Waals surface area contributed by atoms with E-state index in [1.54, 1.807) is 7.05 Å². The normalized spacial score (nSPS) is 11.3. The Balaban J connectivity index is 2.19. The number of anilines is 1. The van der Waals surface area contributed by atoms with E-state index in [0.717, 1.165) is 21.7 Å². The number of carbonyl (C=O) groups excluding carboxylic acids is 1. The van der Waals surface area contributed by atoms with Gasteiger partial charge in [0.25, 0.3) is 0 Å². The molecule has 0 heterocycles. The van der Waals surface area contributed by atoms with E-state index in [1.165, 1.54) is 23.1 Å². The van der Waals surface area contributed by atoms with Gasteiger partial charge >= 0.3 is 0 Å². The molecule has 5 nitrogen and oxygen atoms in total. The summed E-state index contributed by atoms with van der Waals surface area (Å²) >= 11 is 11.9. The second-order valence-corrected chi connectivity index (χ2v) is 8.91. The van der Waals surface area contributed by atoms with E-state index in [0.29, 0.717) is 16.6 Å². The molecule has 0 spiro atoms. The Hall–Kier alpha value is -1.76. The van der Waals surface area contributed by atoms with Crippen molar-refractivity contribution in [2.24, 2.45) is 0 Å². The van der Waals surface area contributed by atoms with Gasteiger partial charge in [0, 0.05) is 23.6 Å². The Labute approximate surface area is 164 Å². The molecular weight excluding hydrogens is 395 g/mol. The van der Waals surface area contributed by atoms with Gasteiger partial charge in [0.15, 0.2) is 0 Å². The summed E-state index contributed by atoms with van der Waals surface area (Å²) in [6, 6.07) is 12.2. The highest BCUT2D eigenvalue weighted by molar-refractivity contribution is 7.92. The molecule has 0 bridgehead atoms. The summed E-state index contributed by atoms with van der Waals surface area (Å²) in [6.45, 7) is 2.03. The van der Waals surface area contributed by atoms with E-state index in [4.69, 9.17) is 23.2 Å². The van der Waals surface area contributed by atoms with Crippen LogP contribution in [-0.2, 0) is 21.4 Å². The maximum Gasteiger partial charge on any atom is 0.243 e. The third-order valence-electron chi connectivity index (χ3n) is 3.78. The van der Waals surface area contributed by atoms with Crippen molar-refractivity contribution in [3.05, 3.63) is 63.6 Å². The molecule has 0 fully saturated rings. The molecule has 0 saturated heterocycles. The minimum absolute atomic E-state index is 0.252. The van der Waals surface area contributed by atoms with Gasteiger partial charge in [0.05, 0.1) is 11.9 Å². The third-order valence-corrected chi connectivity index (χ3v) is 5.36. The van der Waals surface area contributed by atoms with Crippen LogP contribution in [0.5, 0.6) is 0 Å². The summed E-state index contributed by atoms with van der Waals surface area (Å²) < 4.78 is 25.4. The van der Waals surface area contributed by atoms with Gasteiger partial charge in [-0.3, -0.25) is 9.10 Å². The number of carbonyl (C=O) groups is 1. The van der Waals surface area contributed by atoms with Crippen molar-refractivity contribution in [2.75, 3.05) is 24.2 Å². The van der Waals surface area contributed by atoms with E-state index < -0.39 is 10.0 Å². The van der Waals surface area contributed by atoms with E-state index >= 15 is 0 Å². The minimum atomic E-state index is -3.69. The number of hydrogen-bond donors (Lipinski definition) is 0. The van der Waals surface area contributed by atoms with E-state index in [2.05, 4.69) is 0 Å². The van der Waals surface area contributed by atoms with Gasteiger partial charge in [-0.05, 0) is 30.7 Å². The fourth-order valence-corrected chi connectivity index (χ4v) is 3.73. The second-order valence-electron chi connectivity index (χ2n) is 6.13. The smallest absolute Gasteiger partial charge is 0.243 e. The average molecular weight is 415 g/mol. The number of halogens is 2. The molecule has 8 heteroatoms. The van der Waals surface area contributed by atoms with Gasteiger partial charge in [0.1, 0.15) is 6.54 Å². The quantitative estimate of drug-likeness (QED) is 0.723. The summed E-state index contributed by atoms with van der Waals surface area (Å²) in [6.07, 6.45) is 1.04. The molecule has 0 aromatic heterocycles. The van der Waals surface area contributed by atoms with Gasteiger partial charge in [-0.25, -0.2) is 8.42 Å². The van der Waals surface area contributed by atoms with Crippen LogP contribution in [0.1, 0.15) is 11.1 Å². The van der Waals surface area contributed by atoms with Crippen LogP contribution in [0.4, 0.5) is 5.69 Å². The zero-order valence-corrected chi connectivity index (χ0v) is 17.1. The fourth-order valence-electron chi connectivity index (χ4n) is 2.38. The molecule has 0 radical (unpaired) electrons. The molecule has 0 aliphatic heterocycles. The molecule has 0 unspecified atom stereocenters. The maximum absolute atomic E-state index is 12.6. The van der Waals surface area contributed by atoms with Crippen LogP contribution in [0.3, 0.4) is 0 Å². The van der Waals surface area contributed by atoms with Gasteiger partial charge in [-0.2, -0.15) is 0 Å². The first kappa shape index (κ1) is 20.6. The van der Waals surface area contributed by atoms with E-state index in [1.807, 2.05) is 31.2 Å². The highest BCUT2D eigenvalue weighted by Gasteiger charge is 2.23. The first-order valence-corrected chi connectivity index (χ1v) is 10.4. The van der Waals surface area contributed by atoms with E-state index in [-0.39, 0.29) is 18.1 Å². The molecule has 2 rings (SSSR count). The van der Waals surface area contributed by atoms with Crippen LogP contribution < -0.4 is 4.31 Å². The number of hydrogen-bond acceptors (Lipinski definition) is 3. The van der Waals surface area contributed by atoms with Crippen LogP contribution in [0.15, 0.2) is 42.5 Å². The highest BCUT2D eigenvalue weighted by atomic mass is 35.5. The Kier molecular flexibility index (Phi) is 6.55. The minimum Gasteiger partial charge on any atom is -0.340 e. The summed E-state index contributed by atoms with van der Waals surface area (Å²) in [5, 5.41) is 0.586. The van der Waals surface area contributed by atoms with E-state index in [9.17, 15) is 13.2 Å². The molecule has 1 amide bonds. The van der Waals surface area contributed by atoms with Crippen LogP contribution >= 0.6 is 23.2 Å². The zero-order chi connectivity index (χ0) is 19.5. The zero-order valence-electron chi connectivity index (χ0n) is 14.7. The standard InChI is InChI=1S/C18H20Cl2N2O3S/c1-13-4-6-14(7-5-13)11-21(2)18(23)12-22(26(3,24)25)17-9-15(19)8-16(20)10-17/h4-10H,11-12H2,1-3H3. The molecule has 0 atom stereocenters. The van der Waals surface area contributed by atoms with Crippen LogP contribution in [0, 0.1) is 6.92 Å².